The van der Waals surface area contributed by atoms with Crippen molar-refractivity contribution in [2.75, 3.05) is 0 Å². The van der Waals surface area contributed by atoms with Gasteiger partial charge in [0, 0.05) is 10.7 Å². The number of hydrogen-bond donors (Lipinski definition) is 1. The van der Waals surface area contributed by atoms with Crippen molar-refractivity contribution in [1.82, 2.24) is 4.90 Å². The second kappa shape index (κ2) is 10.6. The maximum atomic E-state index is 13.0. The lowest BCUT2D eigenvalue weighted by molar-refractivity contribution is -0.116. The lowest BCUT2D eigenvalue weighted by atomic mass is 10.1. The molecule has 0 radical (unpaired) electrons. The number of hydrogen-bond acceptors (Lipinski definition) is 3. The molecule has 4 nitrogen and oxygen atoms in total. The molecule has 2 aromatic carbocycles. The Morgan fingerprint density at radius 1 is 1.19 bits per heavy atom. The van der Waals surface area contributed by atoms with Crippen LogP contribution in [0.1, 0.15) is 23.6 Å². The van der Waals surface area contributed by atoms with Crippen LogP contribution in [-0.2, 0) is 29.3 Å². The van der Waals surface area contributed by atoms with Gasteiger partial charge in [-0.3, -0.25) is 4.79 Å². The summed E-state index contributed by atoms with van der Waals surface area (Å²) in [5, 5.41) is 9.41. The predicted molar refractivity (Wildman–Crippen MR) is 106 cm³/mol. The van der Waals surface area contributed by atoms with Crippen LogP contribution in [0.4, 0.5) is 4.39 Å². The quantitative estimate of drug-likeness (QED) is 0.356. The fourth-order valence-corrected chi connectivity index (χ4v) is 2.60. The average Bonchev–Trinajstić information content (AvgIpc) is 2.68. The highest BCUT2D eigenvalue weighted by atomic mass is 79.9. The fourth-order valence-electron chi connectivity index (χ4n) is 2.36. The van der Waals surface area contributed by atoms with Crippen LogP contribution in [0.2, 0.25) is 0 Å². The molecule has 0 aromatic heterocycles. The van der Waals surface area contributed by atoms with Gasteiger partial charge >= 0.3 is 0 Å². The van der Waals surface area contributed by atoms with E-state index < -0.39 is 0 Å². The molecule has 0 fully saturated rings. The minimum atomic E-state index is -0.295. The Morgan fingerprint density at radius 3 is 2.44 bits per heavy atom. The Morgan fingerprint density at radius 2 is 1.85 bits per heavy atom. The smallest absolute Gasteiger partial charge is 0.213 e. The molecule has 0 spiro atoms. The molecule has 2 aromatic rings. The summed E-state index contributed by atoms with van der Waals surface area (Å²) in [6, 6.07) is 13.5. The highest BCUT2D eigenvalue weighted by Gasteiger charge is 2.06. The van der Waals surface area contributed by atoms with Crippen molar-refractivity contribution in [3.8, 4) is 0 Å². The van der Waals surface area contributed by atoms with Gasteiger partial charge in [0.05, 0.1) is 13.2 Å². The SMILES string of the molecule is C/C(Br)=C(\C=C/N(C=O)Cc1ccccc1CO)OCc1ccc(F)cc1. The van der Waals surface area contributed by atoms with Crippen LogP contribution in [-0.4, -0.2) is 16.4 Å². The van der Waals surface area contributed by atoms with Crippen LogP contribution in [0.15, 0.2) is 71.0 Å². The van der Waals surface area contributed by atoms with Gasteiger partial charge in [0.2, 0.25) is 6.41 Å². The molecule has 0 bridgehead atoms. The minimum absolute atomic E-state index is 0.0843. The van der Waals surface area contributed by atoms with Crippen LogP contribution < -0.4 is 0 Å². The zero-order valence-corrected chi connectivity index (χ0v) is 16.5. The third-order valence-electron chi connectivity index (χ3n) is 3.84. The Hall–Kier alpha value is -2.44. The normalized spacial score (nSPS) is 12.0. The zero-order valence-electron chi connectivity index (χ0n) is 14.9. The van der Waals surface area contributed by atoms with Crippen LogP contribution in [0.25, 0.3) is 0 Å². The number of benzene rings is 2. The van der Waals surface area contributed by atoms with E-state index in [1.807, 2.05) is 31.2 Å². The van der Waals surface area contributed by atoms with E-state index in [4.69, 9.17) is 4.74 Å². The van der Waals surface area contributed by atoms with E-state index in [0.717, 1.165) is 21.2 Å². The van der Waals surface area contributed by atoms with Gasteiger partial charge in [-0.2, -0.15) is 0 Å². The number of aliphatic hydroxyl groups is 1. The van der Waals surface area contributed by atoms with Gasteiger partial charge < -0.3 is 14.7 Å². The summed E-state index contributed by atoms with van der Waals surface area (Å²) < 4.78 is 19.5. The number of ether oxygens (including phenoxy) is 1. The summed E-state index contributed by atoms with van der Waals surface area (Å²) in [4.78, 5) is 12.9. The average molecular weight is 434 g/mol. The number of nitrogens with zero attached hydrogens (tertiary/aromatic N) is 1. The molecular formula is C21H21BrFNO3. The topological polar surface area (TPSA) is 49.8 Å². The fraction of sp³-hybridized carbons (Fsp3) is 0.190. The number of rotatable bonds is 9. The van der Waals surface area contributed by atoms with E-state index in [0.29, 0.717) is 18.7 Å². The van der Waals surface area contributed by atoms with Gasteiger partial charge in [-0.25, -0.2) is 4.39 Å². The molecule has 0 aliphatic heterocycles. The number of aliphatic hydroxyl groups excluding tert-OH is 1. The molecule has 0 aliphatic carbocycles. The highest BCUT2D eigenvalue weighted by Crippen LogP contribution is 2.17. The summed E-state index contributed by atoms with van der Waals surface area (Å²) in [5.41, 5.74) is 2.47. The van der Waals surface area contributed by atoms with Crippen molar-refractivity contribution in [1.29, 1.82) is 0 Å². The van der Waals surface area contributed by atoms with Gasteiger partial charge in [-0.1, -0.05) is 52.3 Å². The van der Waals surface area contributed by atoms with Crippen molar-refractivity contribution in [2.45, 2.75) is 26.7 Å². The first-order valence-corrected chi connectivity index (χ1v) is 9.13. The second-order valence-electron chi connectivity index (χ2n) is 5.83. The van der Waals surface area contributed by atoms with E-state index in [1.165, 1.54) is 17.0 Å². The Labute approximate surface area is 166 Å². The highest BCUT2D eigenvalue weighted by molar-refractivity contribution is 9.11. The maximum absolute atomic E-state index is 13.0. The molecule has 1 amide bonds. The summed E-state index contributed by atoms with van der Waals surface area (Å²) in [7, 11) is 0. The van der Waals surface area contributed by atoms with Gasteiger partial charge in [-0.15, -0.1) is 0 Å². The van der Waals surface area contributed by atoms with E-state index in [9.17, 15) is 14.3 Å². The van der Waals surface area contributed by atoms with E-state index in [-0.39, 0.29) is 19.0 Å². The number of amides is 1. The molecular weight excluding hydrogens is 413 g/mol. The van der Waals surface area contributed by atoms with Crippen LogP contribution in [0.5, 0.6) is 0 Å². The molecule has 142 valence electrons. The third kappa shape index (κ3) is 6.66. The molecule has 1 N–H and O–H groups in total. The first-order valence-electron chi connectivity index (χ1n) is 8.34. The molecule has 0 saturated heterocycles. The van der Waals surface area contributed by atoms with Gasteiger partial charge in [0.15, 0.2) is 0 Å². The van der Waals surface area contributed by atoms with Crippen molar-refractivity contribution in [3.05, 3.63) is 93.6 Å². The van der Waals surface area contributed by atoms with E-state index >= 15 is 0 Å². The lowest BCUT2D eigenvalue weighted by Crippen LogP contribution is -2.15. The largest absolute Gasteiger partial charge is 0.488 e. The molecule has 2 rings (SSSR count). The van der Waals surface area contributed by atoms with Crippen LogP contribution in [0.3, 0.4) is 0 Å². The Kier molecular flexibility index (Phi) is 8.23. The molecule has 0 saturated carbocycles. The minimum Gasteiger partial charge on any atom is -0.488 e. The zero-order chi connectivity index (χ0) is 19.6. The number of carbonyl (C=O) groups excluding carboxylic acids is 1. The summed E-state index contributed by atoms with van der Waals surface area (Å²) >= 11 is 3.39. The van der Waals surface area contributed by atoms with Crippen molar-refractivity contribution >= 4 is 22.3 Å². The lowest BCUT2D eigenvalue weighted by Gasteiger charge is -2.15. The van der Waals surface area contributed by atoms with E-state index in [1.54, 1.807) is 24.4 Å². The van der Waals surface area contributed by atoms with Crippen molar-refractivity contribution in [2.24, 2.45) is 0 Å². The van der Waals surface area contributed by atoms with E-state index in [2.05, 4.69) is 15.9 Å². The van der Waals surface area contributed by atoms with Crippen LogP contribution >= 0.6 is 15.9 Å². The molecule has 6 heteroatoms. The maximum Gasteiger partial charge on any atom is 0.213 e. The number of carbonyl (C=O) groups is 1. The van der Waals surface area contributed by atoms with Crippen LogP contribution in [0, 0.1) is 5.82 Å². The number of allylic oxidation sites excluding steroid dienone is 2. The summed E-state index contributed by atoms with van der Waals surface area (Å²) in [6.07, 6.45) is 4.02. The standard InChI is InChI=1S/C21H21BrFNO3/c1-16(22)21(27-14-17-6-8-20(23)9-7-17)10-11-24(15-26)12-18-4-2-3-5-19(18)13-25/h2-11,15,25H,12-14H2,1H3/b11-10-,21-16-. The summed E-state index contributed by atoms with van der Waals surface area (Å²) in [5.74, 6) is 0.262. The van der Waals surface area contributed by atoms with Crippen molar-refractivity contribution in [3.63, 3.8) is 0 Å². The molecule has 0 unspecified atom stereocenters. The number of halogens is 2. The molecule has 27 heavy (non-hydrogen) atoms. The first kappa shape index (κ1) is 20.9. The molecule has 0 aliphatic rings. The Bertz CT molecular complexity index is 814. The first-order chi connectivity index (χ1) is 13.0. The molecule has 0 heterocycles. The van der Waals surface area contributed by atoms with Gasteiger partial charge in [0.1, 0.15) is 18.2 Å². The second-order valence-corrected chi connectivity index (χ2v) is 7.02. The van der Waals surface area contributed by atoms with Crippen molar-refractivity contribution < 1.29 is 19.0 Å². The third-order valence-corrected chi connectivity index (χ3v) is 4.23. The van der Waals surface area contributed by atoms with Gasteiger partial charge in [0.25, 0.3) is 0 Å². The van der Waals surface area contributed by atoms with Gasteiger partial charge in [-0.05, 0) is 41.8 Å². The Balaban J connectivity index is 2.04. The summed E-state index contributed by atoms with van der Waals surface area (Å²) in [6.45, 7) is 2.36. The monoisotopic (exact) mass is 433 g/mol. The molecule has 0 atom stereocenters. The predicted octanol–water partition coefficient (Wildman–Crippen LogP) is 4.63.